The van der Waals surface area contributed by atoms with Crippen LogP contribution >= 0.6 is 0 Å². The normalized spacial score (nSPS) is 12.7. The van der Waals surface area contributed by atoms with Crippen LogP contribution in [0.15, 0.2) is 42.5 Å². The summed E-state index contributed by atoms with van der Waals surface area (Å²) in [5.41, 5.74) is 7.91. The highest BCUT2D eigenvalue weighted by atomic mass is 19.4. The third kappa shape index (κ3) is 4.73. The van der Waals surface area contributed by atoms with Crippen LogP contribution < -0.4 is 11.1 Å². The second-order valence-electron chi connectivity index (χ2n) is 5.61. The Balaban J connectivity index is 2.19. The Labute approximate surface area is 143 Å². The molecule has 0 radical (unpaired) electrons. The summed E-state index contributed by atoms with van der Waals surface area (Å²) in [4.78, 5) is 11.4. The van der Waals surface area contributed by atoms with Gasteiger partial charge in [-0.05, 0) is 47.9 Å². The van der Waals surface area contributed by atoms with Crippen LogP contribution in [-0.2, 0) is 22.3 Å². The molecule has 2 aromatic rings. The quantitative estimate of drug-likeness (QED) is 0.637. The molecule has 1 atom stereocenters. The van der Waals surface area contributed by atoms with Crippen molar-refractivity contribution in [1.29, 1.82) is 0 Å². The Morgan fingerprint density at radius 2 is 1.76 bits per heavy atom. The molecule has 4 nitrogen and oxygen atoms in total. The van der Waals surface area contributed by atoms with Crippen molar-refractivity contribution in [2.45, 2.75) is 25.7 Å². The van der Waals surface area contributed by atoms with Crippen LogP contribution in [0.2, 0.25) is 0 Å². The number of nitrogen functional groups attached to an aromatic ring is 1. The van der Waals surface area contributed by atoms with Gasteiger partial charge in [-0.25, -0.2) is 0 Å². The van der Waals surface area contributed by atoms with Crippen molar-refractivity contribution in [2.24, 2.45) is 0 Å². The van der Waals surface area contributed by atoms with Crippen molar-refractivity contribution >= 4 is 11.7 Å². The van der Waals surface area contributed by atoms with E-state index in [1.165, 1.54) is 19.2 Å². The number of hydrogen-bond donors (Lipinski definition) is 2. The molecule has 0 saturated heterocycles. The second-order valence-corrected chi connectivity index (χ2v) is 5.61. The summed E-state index contributed by atoms with van der Waals surface area (Å²) in [5, 5.41) is 2.99. The number of rotatable bonds is 5. The van der Waals surface area contributed by atoms with E-state index in [0.717, 1.165) is 23.3 Å². The molecule has 0 heterocycles. The summed E-state index contributed by atoms with van der Waals surface area (Å²) in [6.07, 6.45) is -4.36. The fourth-order valence-corrected chi connectivity index (χ4v) is 2.31. The number of esters is 1. The standard InChI is InChI=1S/C18H19F3N2O2/c1-11(17(24)25-2)23-10-14-9-13(5-8-16(14)22)12-3-6-15(7-4-12)18(19,20)21/h3-9,11,23H,10,22H2,1-2H3/t11-/m0/s1. The van der Waals surface area contributed by atoms with Crippen LogP contribution in [0.5, 0.6) is 0 Å². The lowest BCUT2D eigenvalue weighted by Crippen LogP contribution is -2.34. The maximum Gasteiger partial charge on any atom is 0.416 e. The molecule has 0 bridgehead atoms. The molecule has 2 rings (SSSR count). The van der Waals surface area contributed by atoms with E-state index in [0.29, 0.717) is 17.8 Å². The van der Waals surface area contributed by atoms with Gasteiger partial charge in [-0.3, -0.25) is 4.79 Å². The number of hydrogen-bond acceptors (Lipinski definition) is 4. The molecule has 0 fully saturated rings. The van der Waals surface area contributed by atoms with Gasteiger partial charge in [-0.2, -0.15) is 13.2 Å². The summed E-state index contributed by atoms with van der Waals surface area (Å²) in [6.45, 7) is 2.00. The molecule has 2 aromatic carbocycles. The zero-order valence-corrected chi connectivity index (χ0v) is 13.9. The number of benzene rings is 2. The molecule has 134 valence electrons. The molecule has 0 aliphatic heterocycles. The number of carbonyl (C=O) groups excluding carboxylic acids is 1. The summed E-state index contributed by atoms with van der Waals surface area (Å²) >= 11 is 0. The van der Waals surface area contributed by atoms with E-state index in [1.54, 1.807) is 25.1 Å². The van der Waals surface area contributed by atoms with E-state index in [-0.39, 0.29) is 0 Å². The Morgan fingerprint density at radius 3 is 2.32 bits per heavy atom. The maximum atomic E-state index is 12.6. The zero-order chi connectivity index (χ0) is 18.6. The van der Waals surface area contributed by atoms with Crippen molar-refractivity contribution in [2.75, 3.05) is 12.8 Å². The smallest absolute Gasteiger partial charge is 0.416 e. The number of methoxy groups -OCH3 is 1. The first kappa shape index (κ1) is 18.8. The van der Waals surface area contributed by atoms with E-state index in [1.807, 2.05) is 0 Å². The van der Waals surface area contributed by atoms with Crippen molar-refractivity contribution < 1.29 is 22.7 Å². The number of carbonyl (C=O) groups is 1. The summed E-state index contributed by atoms with van der Waals surface area (Å²) < 4.78 is 42.6. The van der Waals surface area contributed by atoms with Crippen molar-refractivity contribution in [1.82, 2.24) is 5.32 Å². The van der Waals surface area contributed by atoms with Gasteiger partial charge in [-0.1, -0.05) is 18.2 Å². The van der Waals surface area contributed by atoms with Gasteiger partial charge in [-0.15, -0.1) is 0 Å². The Hall–Kier alpha value is -2.54. The van der Waals surface area contributed by atoms with Gasteiger partial charge in [0.15, 0.2) is 0 Å². The highest BCUT2D eigenvalue weighted by Gasteiger charge is 2.29. The number of alkyl halides is 3. The first-order chi connectivity index (χ1) is 11.7. The molecule has 0 aliphatic rings. The Kier molecular flexibility index (Phi) is 5.69. The molecule has 0 unspecified atom stereocenters. The monoisotopic (exact) mass is 352 g/mol. The van der Waals surface area contributed by atoms with Crippen LogP contribution in [0.1, 0.15) is 18.1 Å². The highest BCUT2D eigenvalue weighted by molar-refractivity contribution is 5.75. The third-order valence-corrected chi connectivity index (χ3v) is 3.84. The van der Waals surface area contributed by atoms with Crippen LogP contribution in [0.4, 0.5) is 18.9 Å². The minimum atomic E-state index is -4.36. The van der Waals surface area contributed by atoms with Crippen LogP contribution in [-0.4, -0.2) is 19.1 Å². The van der Waals surface area contributed by atoms with Gasteiger partial charge in [0.05, 0.1) is 12.7 Å². The van der Waals surface area contributed by atoms with E-state index in [2.05, 4.69) is 10.1 Å². The molecule has 0 saturated carbocycles. The second kappa shape index (κ2) is 7.57. The molecule has 0 spiro atoms. The SMILES string of the molecule is COC(=O)[C@H](C)NCc1cc(-c2ccc(C(F)(F)F)cc2)ccc1N. The largest absolute Gasteiger partial charge is 0.468 e. The van der Waals surface area contributed by atoms with Gasteiger partial charge in [0.2, 0.25) is 0 Å². The lowest BCUT2D eigenvalue weighted by atomic mass is 10.0. The Morgan fingerprint density at radius 1 is 1.16 bits per heavy atom. The lowest BCUT2D eigenvalue weighted by Gasteiger charge is -2.14. The predicted octanol–water partition coefficient (Wildman–Crippen LogP) is 3.61. The number of nitrogens with two attached hydrogens (primary N) is 1. The molecule has 7 heteroatoms. The molecule has 25 heavy (non-hydrogen) atoms. The van der Waals surface area contributed by atoms with Gasteiger partial charge in [0.25, 0.3) is 0 Å². The van der Waals surface area contributed by atoms with E-state index in [9.17, 15) is 18.0 Å². The predicted molar refractivity (Wildman–Crippen MR) is 89.6 cm³/mol. The van der Waals surface area contributed by atoms with Gasteiger partial charge in [0, 0.05) is 12.2 Å². The third-order valence-electron chi connectivity index (χ3n) is 3.84. The van der Waals surface area contributed by atoms with Crippen molar-refractivity contribution in [3.63, 3.8) is 0 Å². The zero-order valence-electron chi connectivity index (χ0n) is 13.9. The van der Waals surface area contributed by atoms with Crippen LogP contribution in [0.25, 0.3) is 11.1 Å². The van der Waals surface area contributed by atoms with E-state index >= 15 is 0 Å². The average molecular weight is 352 g/mol. The number of ether oxygens (including phenoxy) is 1. The molecule has 3 N–H and O–H groups in total. The molecule has 0 aromatic heterocycles. The Bertz CT molecular complexity index is 743. The lowest BCUT2D eigenvalue weighted by molar-refractivity contribution is -0.142. The minimum Gasteiger partial charge on any atom is -0.468 e. The first-order valence-corrected chi connectivity index (χ1v) is 7.59. The van der Waals surface area contributed by atoms with E-state index in [4.69, 9.17) is 5.73 Å². The number of anilines is 1. The molecule has 0 amide bonds. The van der Waals surface area contributed by atoms with Gasteiger partial charge < -0.3 is 15.8 Å². The minimum absolute atomic E-state index is 0.330. The first-order valence-electron chi connectivity index (χ1n) is 7.59. The van der Waals surface area contributed by atoms with Gasteiger partial charge >= 0.3 is 12.1 Å². The highest BCUT2D eigenvalue weighted by Crippen LogP contribution is 2.31. The maximum absolute atomic E-state index is 12.6. The molecule has 0 aliphatic carbocycles. The number of halogens is 3. The summed E-state index contributed by atoms with van der Waals surface area (Å²) in [5.74, 6) is -0.391. The summed E-state index contributed by atoms with van der Waals surface area (Å²) in [6, 6.07) is 9.64. The van der Waals surface area contributed by atoms with Crippen molar-refractivity contribution in [3.05, 3.63) is 53.6 Å². The van der Waals surface area contributed by atoms with Crippen LogP contribution in [0, 0.1) is 0 Å². The topological polar surface area (TPSA) is 64.3 Å². The van der Waals surface area contributed by atoms with Crippen LogP contribution in [0.3, 0.4) is 0 Å². The van der Waals surface area contributed by atoms with E-state index < -0.39 is 23.8 Å². The van der Waals surface area contributed by atoms with Crippen molar-refractivity contribution in [3.8, 4) is 11.1 Å². The van der Waals surface area contributed by atoms with Gasteiger partial charge in [0.1, 0.15) is 6.04 Å². The molecular formula is C18H19F3N2O2. The fraction of sp³-hybridized carbons (Fsp3) is 0.278. The average Bonchev–Trinajstić information content (AvgIpc) is 2.59. The fourth-order valence-electron chi connectivity index (χ4n) is 2.31. The number of nitrogens with one attached hydrogen (secondary N) is 1. The summed E-state index contributed by atoms with van der Waals surface area (Å²) in [7, 11) is 1.31. The molecular weight excluding hydrogens is 333 g/mol.